The summed E-state index contributed by atoms with van der Waals surface area (Å²) in [6.45, 7) is 11.1. The Balaban J connectivity index is 1.31. The van der Waals surface area contributed by atoms with Crippen molar-refractivity contribution in [3.63, 3.8) is 0 Å². The van der Waals surface area contributed by atoms with E-state index in [1.165, 1.54) is 0 Å². The zero-order chi connectivity index (χ0) is 30.2. The predicted molar refractivity (Wildman–Crippen MR) is 162 cm³/mol. The number of aryl methyl sites for hydroxylation is 1. The van der Waals surface area contributed by atoms with E-state index in [0.29, 0.717) is 49.0 Å². The van der Waals surface area contributed by atoms with Crippen molar-refractivity contribution in [2.24, 2.45) is 5.41 Å². The first-order valence-corrected chi connectivity index (χ1v) is 15.4. The van der Waals surface area contributed by atoms with Crippen molar-refractivity contribution in [3.8, 4) is 6.07 Å². The lowest BCUT2D eigenvalue weighted by Gasteiger charge is -2.40. The fourth-order valence-corrected chi connectivity index (χ4v) is 6.17. The number of ether oxygens (including phenoxy) is 2. The van der Waals surface area contributed by atoms with Crippen molar-refractivity contribution in [2.75, 3.05) is 42.6 Å². The molecule has 2 fully saturated rings. The first-order chi connectivity index (χ1) is 20.6. The minimum Gasteiger partial charge on any atom is -0.444 e. The second kappa shape index (κ2) is 11.6. The smallest absolute Gasteiger partial charge is 0.407 e. The normalized spacial score (nSPS) is 20.4. The Bertz CT molecular complexity index is 1530. The Labute approximate surface area is 252 Å². The average Bonchev–Trinajstić information content (AvgIpc) is 3.37. The van der Waals surface area contributed by atoms with Crippen LogP contribution in [-0.2, 0) is 15.9 Å². The van der Waals surface area contributed by atoms with Gasteiger partial charge in [-0.25, -0.2) is 19.4 Å². The number of alkyl carbamates (subject to hydrolysis) is 1. The van der Waals surface area contributed by atoms with E-state index in [0.717, 1.165) is 62.9 Å². The van der Waals surface area contributed by atoms with Gasteiger partial charge in [-0.15, -0.1) is 5.10 Å². The van der Waals surface area contributed by atoms with Crippen LogP contribution in [0.25, 0.3) is 11.2 Å². The molecule has 1 unspecified atom stereocenters. The number of pyridine rings is 1. The molecule has 3 aromatic rings. The summed E-state index contributed by atoms with van der Waals surface area (Å²) in [6.07, 6.45) is 7.62. The highest BCUT2D eigenvalue weighted by atomic mass is 16.6. The van der Waals surface area contributed by atoms with Gasteiger partial charge in [-0.1, -0.05) is 6.92 Å². The van der Waals surface area contributed by atoms with Gasteiger partial charge in [0.1, 0.15) is 11.7 Å². The number of rotatable bonds is 5. The number of nitrogens with one attached hydrogen (secondary N) is 1. The summed E-state index contributed by atoms with van der Waals surface area (Å²) < 4.78 is 13.5. The molecule has 0 aliphatic carbocycles. The van der Waals surface area contributed by atoms with Crippen molar-refractivity contribution < 1.29 is 14.3 Å². The summed E-state index contributed by atoms with van der Waals surface area (Å²) in [6, 6.07) is 6.33. The number of hydrogen-bond donors (Lipinski definition) is 1. The van der Waals surface area contributed by atoms with E-state index in [1.54, 1.807) is 0 Å². The molecule has 0 spiro atoms. The van der Waals surface area contributed by atoms with Crippen LogP contribution in [0.1, 0.15) is 83.8 Å². The molecule has 228 valence electrons. The molecule has 1 amide bonds. The Morgan fingerprint density at radius 2 is 2.00 bits per heavy atom. The van der Waals surface area contributed by atoms with Crippen molar-refractivity contribution in [2.45, 2.75) is 84.5 Å². The number of fused-ring (bicyclic) bond motifs is 2. The molecule has 12 nitrogen and oxygen atoms in total. The Morgan fingerprint density at radius 1 is 1.19 bits per heavy atom. The molecule has 3 aliphatic heterocycles. The molecule has 0 aromatic carbocycles. The van der Waals surface area contributed by atoms with Crippen LogP contribution >= 0.6 is 0 Å². The SMILES string of the molecule is CC1(CNC(=O)OC(C)(C)C)CCN(c2nc3c(nc2C#N)c(N2CCCc4ncccc42)nn3C2CCCCO2)CC1. The minimum atomic E-state index is -0.539. The summed E-state index contributed by atoms with van der Waals surface area (Å²) in [5.41, 5.74) is 2.94. The molecular weight excluding hydrogens is 546 g/mol. The molecule has 12 heteroatoms. The summed E-state index contributed by atoms with van der Waals surface area (Å²) >= 11 is 0. The average molecular weight is 588 g/mol. The van der Waals surface area contributed by atoms with Crippen LogP contribution in [-0.4, -0.2) is 69.2 Å². The van der Waals surface area contributed by atoms with Crippen molar-refractivity contribution in [1.29, 1.82) is 5.26 Å². The first-order valence-electron chi connectivity index (χ1n) is 15.4. The maximum absolute atomic E-state index is 12.3. The summed E-state index contributed by atoms with van der Waals surface area (Å²) in [4.78, 5) is 31.2. The molecule has 6 rings (SSSR count). The van der Waals surface area contributed by atoms with Crippen LogP contribution in [0, 0.1) is 16.7 Å². The Kier molecular flexibility index (Phi) is 7.85. The van der Waals surface area contributed by atoms with Gasteiger partial charge in [-0.2, -0.15) is 5.26 Å². The number of nitriles is 1. The number of carbonyl (C=O) groups excluding carboxylic acids is 1. The predicted octanol–water partition coefficient (Wildman–Crippen LogP) is 5.01. The fourth-order valence-electron chi connectivity index (χ4n) is 6.17. The molecule has 2 saturated heterocycles. The third kappa shape index (κ3) is 6.09. The number of aromatic nitrogens is 5. The van der Waals surface area contributed by atoms with E-state index in [2.05, 4.69) is 39.2 Å². The largest absolute Gasteiger partial charge is 0.444 e. The van der Waals surface area contributed by atoms with Crippen LogP contribution in [0.3, 0.4) is 0 Å². The van der Waals surface area contributed by atoms with Gasteiger partial charge in [0.2, 0.25) is 0 Å². The number of carbonyl (C=O) groups is 1. The number of nitrogens with zero attached hydrogens (tertiary/aromatic N) is 8. The number of hydrogen-bond acceptors (Lipinski definition) is 10. The lowest BCUT2D eigenvalue weighted by atomic mass is 9.80. The van der Waals surface area contributed by atoms with Crippen molar-refractivity contribution >= 4 is 34.6 Å². The van der Waals surface area contributed by atoms with E-state index in [9.17, 15) is 10.1 Å². The molecule has 0 saturated carbocycles. The molecule has 3 aliphatic rings. The van der Waals surface area contributed by atoms with Gasteiger partial charge in [0.05, 0.1) is 11.4 Å². The van der Waals surface area contributed by atoms with Gasteiger partial charge >= 0.3 is 6.09 Å². The van der Waals surface area contributed by atoms with Crippen molar-refractivity contribution in [1.82, 2.24) is 30.0 Å². The van der Waals surface area contributed by atoms with Gasteiger partial charge in [0.25, 0.3) is 0 Å². The molecule has 43 heavy (non-hydrogen) atoms. The first kappa shape index (κ1) is 29.1. The third-order valence-corrected chi connectivity index (χ3v) is 8.56. The Hall–Kier alpha value is -3.98. The van der Waals surface area contributed by atoms with E-state index >= 15 is 0 Å². The monoisotopic (exact) mass is 587 g/mol. The van der Waals surface area contributed by atoms with Gasteiger partial charge in [0, 0.05) is 39.0 Å². The van der Waals surface area contributed by atoms with Crippen LogP contribution in [0.2, 0.25) is 0 Å². The second-order valence-electron chi connectivity index (χ2n) is 13.1. The summed E-state index contributed by atoms with van der Waals surface area (Å²) in [5, 5.41) is 18.3. The zero-order valence-electron chi connectivity index (χ0n) is 25.6. The number of anilines is 3. The maximum atomic E-state index is 12.3. The minimum absolute atomic E-state index is 0.0989. The quantitative estimate of drug-likeness (QED) is 0.434. The molecule has 3 aromatic heterocycles. The standard InChI is InChI=1S/C31H41N9O3/c1-30(2,3)43-29(41)34-20-31(4)12-16-38(17-13-31)26-22(19-32)35-25-27(36-26)40(24-11-5-6-18-42-24)37-28(25)39-15-8-9-21-23(39)10-7-14-33-21/h7,10,14,24H,5-6,8-9,11-13,15-18,20H2,1-4H3,(H,34,41). The number of piperidine rings is 1. The number of amides is 1. The molecule has 6 heterocycles. The lowest BCUT2D eigenvalue weighted by molar-refractivity contribution is -0.0368. The topological polar surface area (TPSA) is 134 Å². The van der Waals surface area contributed by atoms with Gasteiger partial charge in [-0.05, 0) is 83.3 Å². The van der Waals surface area contributed by atoms with E-state index < -0.39 is 11.7 Å². The molecule has 1 N–H and O–H groups in total. The van der Waals surface area contributed by atoms with Crippen LogP contribution in [0.5, 0.6) is 0 Å². The molecule has 0 bridgehead atoms. The molecule has 0 radical (unpaired) electrons. The van der Waals surface area contributed by atoms with Gasteiger partial charge in [-0.3, -0.25) is 4.98 Å². The molecular formula is C31H41N9O3. The highest BCUT2D eigenvalue weighted by Gasteiger charge is 2.35. The van der Waals surface area contributed by atoms with E-state index in [1.807, 2.05) is 37.7 Å². The highest BCUT2D eigenvalue weighted by Crippen LogP contribution is 2.39. The zero-order valence-corrected chi connectivity index (χ0v) is 25.6. The Morgan fingerprint density at radius 3 is 2.72 bits per heavy atom. The van der Waals surface area contributed by atoms with Gasteiger partial charge in [0.15, 0.2) is 34.7 Å². The van der Waals surface area contributed by atoms with Crippen LogP contribution in [0.15, 0.2) is 18.3 Å². The fraction of sp³-hybridized carbons (Fsp3) is 0.613. The van der Waals surface area contributed by atoms with E-state index in [4.69, 9.17) is 24.5 Å². The highest BCUT2D eigenvalue weighted by molar-refractivity contribution is 5.89. The maximum Gasteiger partial charge on any atom is 0.407 e. The third-order valence-electron chi connectivity index (χ3n) is 8.56. The molecule has 1 atom stereocenters. The summed E-state index contributed by atoms with van der Waals surface area (Å²) in [5.74, 6) is 1.26. The lowest BCUT2D eigenvalue weighted by Crippen LogP contribution is -2.46. The van der Waals surface area contributed by atoms with Crippen LogP contribution in [0.4, 0.5) is 22.1 Å². The summed E-state index contributed by atoms with van der Waals surface area (Å²) in [7, 11) is 0. The van der Waals surface area contributed by atoms with Gasteiger partial charge < -0.3 is 24.6 Å². The second-order valence-corrected chi connectivity index (χ2v) is 13.1. The van der Waals surface area contributed by atoms with E-state index in [-0.39, 0.29) is 17.3 Å². The van der Waals surface area contributed by atoms with Crippen LogP contribution < -0.4 is 15.1 Å². The van der Waals surface area contributed by atoms with Crippen molar-refractivity contribution in [3.05, 3.63) is 29.7 Å².